The van der Waals surface area contributed by atoms with E-state index in [9.17, 15) is 0 Å². The highest BCUT2D eigenvalue weighted by atomic mass is 16.5. The number of hydrogen-bond donors (Lipinski definition) is 1. The Labute approximate surface area is 129 Å². The number of nitrogens with zero attached hydrogens (tertiary/aromatic N) is 2. The minimum Gasteiger partial charge on any atom is -0.474 e. The zero-order valence-electron chi connectivity index (χ0n) is 14.3. The number of ether oxygens (including phenoxy) is 1. The highest BCUT2D eigenvalue weighted by Crippen LogP contribution is 2.12. The Morgan fingerprint density at radius 1 is 1.14 bits per heavy atom. The third-order valence-corrected chi connectivity index (χ3v) is 3.28. The lowest BCUT2D eigenvalue weighted by Gasteiger charge is -2.20. The summed E-state index contributed by atoms with van der Waals surface area (Å²) in [7, 11) is 0. The quantitative estimate of drug-likeness (QED) is 0.696. The van der Waals surface area contributed by atoms with Gasteiger partial charge in [0, 0.05) is 18.2 Å². The molecule has 0 spiro atoms. The summed E-state index contributed by atoms with van der Waals surface area (Å²) < 4.78 is 5.80. The second-order valence-electron chi connectivity index (χ2n) is 6.74. The fourth-order valence-electron chi connectivity index (χ4n) is 1.98. The van der Waals surface area contributed by atoms with Gasteiger partial charge in [0.25, 0.3) is 0 Å². The van der Waals surface area contributed by atoms with Gasteiger partial charge in [-0.3, -0.25) is 0 Å². The normalized spacial score (nSPS) is 13.2. The first-order valence-corrected chi connectivity index (χ1v) is 8.15. The van der Waals surface area contributed by atoms with Crippen LogP contribution in [0.1, 0.15) is 72.4 Å². The number of hydrogen-bond acceptors (Lipinski definition) is 4. The van der Waals surface area contributed by atoms with Crippen LogP contribution in [0.2, 0.25) is 0 Å². The Morgan fingerprint density at radius 3 is 2.48 bits per heavy atom. The van der Waals surface area contributed by atoms with E-state index in [0.29, 0.717) is 5.88 Å². The van der Waals surface area contributed by atoms with Crippen molar-refractivity contribution in [2.24, 2.45) is 0 Å². The zero-order chi connectivity index (χ0) is 15.7. The molecule has 0 aliphatic heterocycles. The Morgan fingerprint density at radius 2 is 1.90 bits per heavy atom. The van der Waals surface area contributed by atoms with Gasteiger partial charge in [-0.05, 0) is 46.6 Å². The summed E-state index contributed by atoms with van der Waals surface area (Å²) in [6, 6.07) is 3.89. The minimum absolute atomic E-state index is 0.0872. The molecular formula is C17H31N3O. The first-order chi connectivity index (χ1) is 9.90. The van der Waals surface area contributed by atoms with Crippen molar-refractivity contribution in [2.75, 3.05) is 0 Å². The second-order valence-corrected chi connectivity index (χ2v) is 6.74. The molecule has 4 heteroatoms. The molecule has 0 bridgehead atoms. The van der Waals surface area contributed by atoms with Crippen molar-refractivity contribution in [3.05, 3.63) is 17.8 Å². The standard InChI is InChI=1S/C17H31N3O/c1-6-7-8-9-10-14(2)21-16-12-11-15(19-20-16)13-18-17(3,4)5/h11-12,14,18H,6-10,13H2,1-5H3. The molecule has 0 amide bonds. The van der Waals surface area contributed by atoms with Crippen LogP contribution in [-0.2, 0) is 6.54 Å². The van der Waals surface area contributed by atoms with Gasteiger partial charge in [0.2, 0.25) is 5.88 Å². The van der Waals surface area contributed by atoms with Crippen LogP contribution in [0.3, 0.4) is 0 Å². The summed E-state index contributed by atoms with van der Waals surface area (Å²) in [5.41, 5.74) is 1.03. The number of unbranched alkanes of at least 4 members (excludes halogenated alkanes) is 3. The van der Waals surface area contributed by atoms with E-state index < -0.39 is 0 Å². The largest absolute Gasteiger partial charge is 0.474 e. The van der Waals surface area contributed by atoms with Crippen LogP contribution in [-0.4, -0.2) is 21.8 Å². The van der Waals surface area contributed by atoms with Gasteiger partial charge in [-0.1, -0.05) is 26.2 Å². The summed E-state index contributed by atoms with van der Waals surface area (Å²) in [5.74, 6) is 0.623. The minimum atomic E-state index is 0.0872. The van der Waals surface area contributed by atoms with Crippen molar-refractivity contribution in [1.82, 2.24) is 15.5 Å². The summed E-state index contributed by atoms with van der Waals surface area (Å²) in [6.45, 7) is 11.5. The van der Waals surface area contributed by atoms with Crippen molar-refractivity contribution in [1.29, 1.82) is 0 Å². The SMILES string of the molecule is CCCCCCC(C)Oc1ccc(CNC(C)(C)C)nn1. The van der Waals surface area contributed by atoms with Gasteiger partial charge in [-0.25, -0.2) is 0 Å². The van der Waals surface area contributed by atoms with E-state index in [0.717, 1.165) is 18.7 Å². The van der Waals surface area contributed by atoms with Crippen molar-refractivity contribution in [3.8, 4) is 5.88 Å². The molecule has 120 valence electrons. The summed E-state index contributed by atoms with van der Waals surface area (Å²) in [4.78, 5) is 0. The maximum atomic E-state index is 5.80. The third-order valence-electron chi connectivity index (χ3n) is 3.28. The van der Waals surface area contributed by atoms with Crippen LogP contribution >= 0.6 is 0 Å². The molecule has 1 rings (SSSR count). The molecule has 0 radical (unpaired) electrons. The molecule has 0 saturated carbocycles. The van der Waals surface area contributed by atoms with Gasteiger partial charge in [0.15, 0.2) is 0 Å². The molecule has 0 aromatic carbocycles. The lowest BCUT2D eigenvalue weighted by Crippen LogP contribution is -2.35. The fraction of sp³-hybridized carbons (Fsp3) is 0.765. The van der Waals surface area contributed by atoms with Crippen LogP contribution in [0.25, 0.3) is 0 Å². The molecule has 0 saturated heterocycles. The topological polar surface area (TPSA) is 47.0 Å². The molecule has 1 aromatic rings. The lowest BCUT2D eigenvalue weighted by atomic mass is 10.1. The maximum Gasteiger partial charge on any atom is 0.233 e. The molecule has 0 aliphatic carbocycles. The van der Waals surface area contributed by atoms with Gasteiger partial charge >= 0.3 is 0 Å². The molecule has 21 heavy (non-hydrogen) atoms. The summed E-state index contributed by atoms with van der Waals surface area (Å²) in [5, 5.41) is 11.8. The molecule has 1 atom stereocenters. The predicted octanol–water partition coefficient (Wildman–Crippen LogP) is 4.10. The van der Waals surface area contributed by atoms with Crippen molar-refractivity contribution in [2.45, 2.75) is 84.9 Å². The van der Waals surface area contributed by atoms with Gasteiger partial charge in [0.05, 0.1) is 11.8 Å². The van der Waals surface area contributed by atoms with Crippen LogP contribution < -0.4 is 10.1 Å². The molecular weight excluding hydrogens is 262 g/mol. The molecule has 1 unspecified atom stereocenters. The molecule has 1 aromatic heterocycles. The molecule has 0 aliphatic rings. The Balaban J connectivity index is 2.33. The average molecular weight is 293 g/mol. The van der Waals surface area contributed by atoms with Gasteiger partial charge in [-0.15, -0.1) is 5.10 Å². The van der Waals surface area contributed by atoms with Crippen molar-refractivity contribution < 1.29 is 4.74 Å². The first kappa shape index (κ1) is 17.9. The molecule has 1 heterocycles. The monoisotopic (exact) mass is 293 g/mol. The van der Waals surface area contributed by atoms with E-state index in [-0.39, 0.29) is 11.6 Å². The highest BCUT2D eigenvalue weighted by molar-refractivity contribution is 5.11. The predicted molar refractivity (Wildman–Crippen MR) is 87.5 cm³/mol. The summed E-state index contributed by atoms with van der Waals surface area (Å²) in [6.07, 6.45) is 6.36. The molecule has 0 fully saturated rings. The Kier molecular flexibility index (Phi) is 7.65. The third kappa shape index (κ3) is 8.66. The van der Waals surface area contributed by atoms with Crippen LogP contribution in [0.15, 0.2) is 12.1 Å². The van der Waals surface area contributed by atoms with E-state index in [4.69, 9.17) is 4.74 Å². The van der Waals surface area contributed by atoms with Crippen molar-refractivity contribution in [3.63, 3.8) is 0 Å². The highest BCUT2D eigenvalue weighted by Gasteiger charge is 2.10. The lowest BCUT2D eigenvalue weighted by molar-refractivity contribution is 0.196. The van der Waals surface area contributed by atoms with E-state index in [1.54, 1.807) is 0 Å². The van der Waals surface area contributed by atoms with Crippen LogP contribution in [0.4, 0.5) is 0 Å². The molecule has 1 N–H and O–H groups in total. The van der Waals surface area contributed by atoms with Gasteiger partial charge in [0.1, 0.15) is 0 Å². The summed E-state index contributed by atoms with van der Waals surface area (Å²) >= 11 is 0. The molecule has 4 nitrogen and oxygen atoms in total. The van der Waals surface area contributed by atoms with E-state index in [2.05, 4.69) is 50.1 Å². The average Bonchev–Trinajstić information content (AvgIpc) is 2.42. The Hall–Kier alpha value is -1.16. The van der Waals surface area contributed by atoms with E-state index in [1.165, 1.54) is 25.7 Å². The Bertz CT molecular complexity index is 384. The van der Waals surface area contributed by atoms with Crippen LogP contribution in [0.5, 0.6) is 5.88 Å². The fourth-order valence-corrected chi connectivity index (χ4v) is 1.98. The van der Waals surface area contributed by atoms with Crippen LogP contribution in [0, 0.1) is 0 Å². The van der Waals surface area contributed by atoms with E-state index in [1.807, 2.05) is 12.1 Å². The van der Waals surface area contributed by atoms with E-state index >= 15 is 0 Å². The number of aromatic nitrogens is 2. The van der Waals surface area contributed by atoms with Gasteiger partial charge < -0.3 is 10.1 Å². The number of rotatable bonds is 9. The first-order valence-electron chi connectivity index (χ1n) is 8.15. The maximum absolute atomic E-state index is 5.80. The second kappa shape index (κ2) is 8.98. The van der Waals surface area contributed by atoms with Gasteiger partial charge in [-0.2, -0.15) is 5.10 Å². The smallest absolute Gasteiger partial charge is 0.233 e. The zero-order valence-corrected chi connectivity index (χ0v) is 14.3. The number of nitrogens with one attached hydrogen (secondary N) is 1. The van der Waals surface area contributed by atoms with Crippen molar-refractivity contribution >= 4 is 0 Å².